The van der Waals surface area contributed by atoms with E-state index >= 15 is 0 Å². The molecular formula is C13H13F3O4. The van der Waals surface area contributed by atoms with Crippen LogP contribution in [0.25, 0.3) is 0 Å². The zero-order valence-electron chi connectivity index (χ0n) is 10.7. The first-order valence-corrected chi connectivity index (χ1v) is 6.05. The van der Waals surface area contributed by atoms with Crippen molar-refractivity contribution in [3.63, 3.8) is 0 Å². The third kappa shape index (κ3) is 2.66. The Labute approximate surface area is 113 Å². The van der Waals surface area contributed by atoms with Crippen LogP contribution >= 0.6 is 0 Å². The van der Waals surface area contributed by atoms with Crippen LogP contribution in [0.15, 0.2) is 12.1 Å². The first-order chi connectivity index (χ1) is 9.32. The number of aliphatic carboxylic acids is 1. The van der Waals surface area contributed by atoms with E-state index in [0.717, 1.165) is 12.1 Å². The van der Waals surface area contributed by atoms with Gasteiger partial charge in [-0.3, -0.25) is 4.79 Å². The summed E-state index contributed by atoms with van der Waals surface area (Å²) in [6.07, 6.45) is -4.14. The fraction of sp³-hybridized carbons (Fsp3) is 0.462. The second kappa shape index (κ2) is 5.22. The molecule has 0 aliphatic carbocycles. The van der Waals surface area contributed by atoms with E-state index in [1.807, 2.05) is 0 Å². The molecule has 1 aromatic carbocycles. The van der Waals surface area contributed by atoms with Gasteiger partial charge in [-0.05, 0) is 13.0 Å². The molecule has 0 aromatic heterocycles. The summed E-state index contributed by atoms with van der Waals surface area (Å²) in [7, 11) is 0. The smallest absolute Gasteiger partial charge is 0.420 e. The molecule has 1 N–H and O–H groups in total. The molecule has 1 unspecified atom stereocenters. The Balaban J connectivity index is 2.60. The molecule has 1 aromatic rings. The highest BCUT2D eigenvalue weighted by Gasteiger charge is 2.38. The largest absolute Gasteiger partial charge is 0.489 e. The van der Waals surface area contributed by atoms with E-state index in [0.29, 0.717) is 6.42 Å². The molecule has 0 saturated carbocycles. The lowest BCUT2D eigenvalue weighted by Gasteiger charge is -2.19. The molecule has 4 nitrogen and oxygen atoms in total. The quantitative estimate of drug-likeness (QED) is 0.909. The van der Waals surface area contributed by atoms with Crippen LogP contribution in [0.1, 0.15) is 30.4 Å². The molecule has 0 bridgehead atoms. The minimum absolute atomic E-state index is 0.0982. The van der Waals surface area contributed by atoms with Crippen LogP contribution in [0.4, 0.5) is 13.2 Å². The lowest BCUT2D eigenvalue weighted by Crippen LogP contribution is -2.13. The van der Waals surface area contributed by atoms with Crippen molar-refractivity contribution in [1.82, 2.24) is 0 Å². The van der Waals surface area contributed by atoms with E-state index in [-0.39, 0.29) is 24.5 Å². The van der Waals surface area contributed by atoms with Crippen LogP contribution in [0.3, 0.4) is 0 Å². The number of carbonyl (C=O) groups is 1. The molecule has 2 rings (SSSR count). The van der Waals surface area contributed by atoms with Crippen molar-refractivity contribution in [2.24, 2.45) is 0 Å². The third-order valence-corrected chi connectivity index (χ3v) is 3.07. The van der Waals surface area contributed by atoms with Crippen molar-refractivity contribution >= 4 is 5.97 Å². The van der Waals surface area contributed by atoms with Crippen LogP contribution in [-0.4, -0.2) is 24.3 Å². The maximum atomic E-state index is 12.9. The fourth-order valence-corrected chi connectivity index (χ4v) is 1.97. The molecule has 110 valence electrons. The summed E-state index contributed by atoms with van der Waals surface area (Å²) in [5.74, 6) is -2.65. The molecule has 0 radical (unpaired) electrons. The van der Waals surface area contributed by atoms with Gasteiger partial charge in [-0.1, -0.05) is 6.07 Å². The number of ether oxygens (including phenoxy) is 2. The predicted molar refractivity (Wildman–Crippen MR) is 63.1 cm³/mol. The molecule has 20 heavy (non-hydrogen) atoms. The first kappa shape index (κ1) is 14.5. The number of hydrogen-bond donors (Lipinski definition) is 1. The van der Waals surface area contributed by atoms with E-state index in [1.165, 1.54) is 6.92 Å². The number of hydrogen-bond acceptors (Lipinski definition) is 3. The Bertz CT molecular complexity index is 525. The summed E-state index contributed by atoms with van der Waals surface area (Å²) in [5.41, 5.74) is -0.766. The Kier molecular flexibility index (Phi) is 3.78. The van der Waals surface area contributed by atoms with Crippen LogP contribution in [-0.2, 0) is 11.0 Å². The van der Waals surface area contributed by atoms with Gasteiger partial charge < -0.3 is 14.6 Å². The maximum Gasteiger partial charge on any atom is 0.420 e. The van der Waals surface area contributed by atoms with Gasteiger partial charge in [0.15, 0.2) is 11.5 Å². The van der Waals surface area contributed by atoms with E-state index in [9.17, 15) is 18.0 Å². The summed E-state index contributed by atoms with van der Waals surface area (Å²) in [6, 6.07) is 1.97. The van der Waals surface area contributed by atoms with Crippen molar-refractivity contribution in [2.45, 2.75) is 25.4 Å². The molecule has 1 aliphatic rings. The van der Waals surface area contributed by atoms with Gasteiger partial charge in [0.05, 0.1) is 19.1 Å². The average molecular weight is 290 g/mol. The van der Waals surface area contributed by atoms with Crippen LogP contribution in [0, 0.1) is 0 Å². The summed E-state index contributed by atoms with van der Waals surface area (Å²) in [5, 5.41) is 9.02. The minimum atomic E-state index is -4.58. The van der Waals surface area contributed by atoms with Gasteiger partial charge in [0.2, 0.25) is 0 Å². The first-order valence-electron chi connectivity index (χ1n) is 6.05. The summed E-state index contributed by atoms with van der Waals surface area (Å²) in [6.45, 7) is 1.67. The Morgan fingerprint density at radius 2 is 1.85 bits per heavy atom. The molecule has 0 amide bonds. The Morgan fingerprint density at radius 3 is 2.40 bits per heavy atom. The highest BCUT2D eigenvalue weighted by atomic mass is 19.4. The lowest BCUT2D eigenvalue weighted by molar-refractivity contribution is -0.139. The van der Waals surface area contributed by atoms with E-state index in [1.54, 1.807) is 0 Å². The predicted octanol–water partition coefficient (Wildman–Crippen LogP) is 3.05. The van der Waals surface area contributed by atoms with Gasteiger partial charge in [-0.2, -0.15) is 13.2 Å². The Hall–Kier alpha value is -1.92. The number of halogens is 3. The summed E-state index contributed by atoms with van der Waals surface area (Å²) in [4.78, 5) is 11.0. The molecule has 7 heteroatoms. The normalized spacial score (nSPS) is 16.4. The monoisotopic (exact) mass is 290 g/mol. The van der Waals surface area contributed by atoms with Crippen LogP contribution in [0.2, 0.25) is 0 Å². The number of fused-ring (bicyclic) bond motifs is 1. The fourth-order valence-electron chi connectivity index (χ4n) is 1.97. The number of carboxylic acid groups (broad SMARTS) is 1. The average Bonchev–Trinajstić information content (AvgIpc) is 2.60. The van der Waals surface area contributed by atoms with Gasteiger partial charge in [0.1, 0.15) is 5.56 Å². The molecule has 0 fully saturated rings. The number of carboxylic acids is 1. The van der Waals surface area contributed by atoms with Gasteiger partial charge in [-0.25, -0.2) is 0 Å². The second-order valence-electron chi connectivity index (χ2n) is 4.47. The molecular weight excluding hydrogens is 277 g/mol. The van der Waals surface area contributed by atoms with E-state index in [2.05, 4.69) is 0 Å². The molecule has 1 atom stereocenters. The number of alkyl halides is 3. The molecule has 1 aliphatic heterocycles. The number of benzene rings is 1. The molecule has 1 heterocycles. The van der Waals surface area contributed by atoms with Crippen molar-refractivity contribution < 1.29 is 32.5 Å². The zero-order chi connectivity index (χ0) is 14.9. The third-order valence-electron chi connectivity index (χ3n) is 3.07. The standard InChI is InChI=1S/C13H13F3O4/c1-7(12(17)18)8-3-4-9(13(14,15)16)11-10(8)19-5-2-6-20-11/h3-4,7H,2,5-6H2,1H3,(H,17,18). The van der Waals surface area contributed by atoms with Crippen molar-refractivity contribution in [3.8, 4) is 11.5 Å². The lowest BCUT2D eigenvalue weighted by atomic mass is 9.97. The zero-order valence-corrected chi connectivity index (χ0v) is 10.7. The number of rotatable bonds is 2. The minimum Gasteiger partial charge on any atom is -0.489 e. The Morgan fingerprint density at radius 1 is 1.25 bits per heavy atom. The van der Waals surface area contributed by atoms with Crippen LogP contribution < -0.4 is 9.47 Å². The topological polar surface area (TPSA) is 55.8 Å². The van der Waals surface area contributed by atoms with Gasteiger partial charge in [0.25, 0.3) is 0 Å². The highest BCUT2D eigenvalue weighted by Crippen LogP contribution is 2.46. The van der Waals surface area contributed by atoms with Gasteiger partial charge >= 0.3 is 12.1 Å². The summed E-state index contributed by atoms with van der Waals surface area (Å²) >= 11 is 0. The van der Waals surface area contributed by atoms with Crippen molar-refractivity contribution in [2.75, 3.05) is 13.2 Å². The molecule has 0 spiro atoms. The van der Waals surface area contributed by atoms with Gasteiger partial charge in [-0.15, -0.1) is 0 Å². The van der Waals surface area contributed by atoms with Crippen LogP contribution in [0.5, 0.6) is 11.5 Å². The van der Waals surface area contributed by atoms with E-state index in [4.69, 9.17) is 14.6 Å². The van der Waals surface area contributed by atoms with Crippen molar-refractivity contribution in [3.05, 3.63) is 23.3 Å². The van der Waals surface area contributed by atoms with Gasteiger partial charge in [0, 0.05) is 12.0 Å². The SMILES string of the molecule is CC(C(=O)O)c1ccc(C(F)(F)F)c2c1OCCCO2. The van der Waals surface area contributed by atoms with Crippen molar-refractivity contribution in [1.29, 1.82) is 0 Å². The highest BCUT2D eigenvalue weighted by molar-refractivity contribution is 5.77. The van der Waals surface area contributed by atoms with E-state index < -0.39 is 29.4 Å². The second-order valence-corrected chi connectivity index (χ2v) is 4.47. The maximum absolute atomic E-state index is 12.9. The molecule has 0 saturated heterocycles. The summed E-state index contributed by atoms with van der Waals surface area (Å²) < 4.78 is 49.3.